The molecule has 1 saturated heterocycles. The highest BCUT2D eigenvalue weighted by molar-refractivity contribution is 7.78. The Hall–Kier alpha value is -1.63. The minimum atomic E-state index is 0.803. The fourth-order valence-electron chi connectivity index (χ4n) is 2.36. The number of hydrogen-bond acceptors (Lipinski definition) is 5. The second-order valence-electron chi connectivity index (χ2n) is 4.72. The predicted octanol–water partition coefficient (Wildman–Crippen LogP) is 1.66. The first-order valence-electron chi connectivity index (χ1n) is 6.72. The third-order valence-electron chi connectivity index (χ3n) is 3.43. The highest BCUT2D eigenvalue weighted by Crippen LogP contribution is 2.22. The Labute approximate surface area is 124 Å². The Kier molecular flexibility index (Phi) is 4.15. The second-order valence-corrected chi connectivity index (χ2v) is 4.93. The normalized spacial score (nSPS) is 19.7. The number of hydrazine groups is 2. The van der Waals surface area contributed by atoms with Crippen LogP contribution in [0.3, 0.4) is 0 Å². The van der Waals surface area contributed by atoms with Gasteiger partial charge < -0.3 is 4.74 Å². The van der Waals surface area contributed by atoms with Crippen LogP contribution in [-0.4, -0.2) is 53.5 Å². The highest BCUT2D eigenvalue weighted by atomic mass is 32.1. The van der Waals surface area contributed by atoms with E-state index in [1.54, 1.807) is 5.49 Å². The van der Waals surface area contributed by atoms with E-state index in [1.165, 1.54) is 0 Å². The summed E-state index contributed by atoms with van der Waals surface area (Å²) in [5.74, 6) is 0. The maximum Gasteiger partial charge on any atom is 0.109 e. The van der Waals surface area contributed by atoms with Crippen molar-refractivity contribution in [1.29, 1.82) is 0 Å². The van der Waals surface area contributed by atoms with Crippen molar-refractivity contribution in [2.24, 2.45) is 0 Å². The lowest BCUT2D eigenvalue weighted by Gasteiger charge is -2.37. The third kappa shape index (κ3) is 2.77. The molecule has 20 heavy (non-hydrogen) atoms. The largest absolute Gasteiger partial charge is 0.379 e. The number of benzene rings is 1. The van der Waals surface area contributed by atoms with Crippen molar-refractivity contribution in [3.8, 4) is 0 Å². The summed E-state index contributed by atoms with van der Waals surface area (Å²) in [5.41, 5.74) is 2.75. The number of thiocarbonyl (C=S) groups is 1. The van der Waals surface area contributed by atoms with Gasteiger partial charge in [-0.1, -0.05) is 30.4 Å². The van der Waals surface area contributed by atoms with Crippen molar-refractivity contribution < 1.29 is 4.74 Å². The third-order valence-corrected chi connectivity index (χ3v) is 3.62. The Morgan fingerprint density at radius 1 is 1.10 bits per heavy atom. The Bertz CT molecular complexity index is 475. The molecule has 2 aliphatic rings. The van der Waals surface area contributed by atoms with Gasteiger partial charge in [-0.2, -0.15) is 5.12 Å². The molecular formula is C14H18N4OS. The monoisotopic (exact) mass is 290 g/mol. The fraction of sp³-hybridized carbons (Fsp3) is 0.357. The molecule has 106 valence electrons. The van der Waals surface area contributed by atoms with Gasteiger partial charge in [-0.25, -0.2) is 5.01 Å². The van der Waals surface area contributed by atoms with Crippen LogP contribution in [0.5, 0.6) is 0 Å². The smallest absolute Gasteiger partial charge is 0.109 e. The fourth-order valence-corrected chi connectivity index (χ4v) is 2.58. The number of ether oxygens (including phenoxy) is 1. The van der Waals surface area contributed by atoms with Gasteiger partial charge in [0.05, 0.1) is 25.6 Å². The molecule has 3 rings (SSSR count). The minimum absolute atomic E-state index is 0.803. The summed E-state index contributed by atoms with van der Waals surface area (Å²) >= 11 is 5.17. The summed E-state index contributed by atoms with van der Waals surface area (Å²) in [6.07, 6.45) is 4.07. The van der Waals surface area contributed by atoms with Gasteiger partial charge >= 0.3 is 0 Å². The Morgan fingerprint density at radius 3 is 2.55 bits per heavy atom. The van der Waals surface area contributed by atoms with Crippen molar-refractivity contribution in [1.82, 2.24) is 15.0 Å². The topological polar surface area (TPSA) is 22.2 Å². The van der Waals surface area contributed by atoms with Crippen LogP contribution in [0.15, 0.2) is 42.7 Å². The summed E-state index contributed by atoms with van der Waals surface area (Å²) < 4.78 is 5.38. The quantitative estimate of drug-likeness (QED) is 0.781. The highest BCUT2D eigenvalue weighted by Gasteiger charge is 2.24. The molecule has 1 aromatic carbocycles. The number of nitrogens with zero attached hydrogens (tertiary/aromatic N) is 4. The van der Waals surface area contributed by atoms with Crippen LogP contribution in [0.2, 0.25) is 0 Å². The first-order valence-corrected chi connectivity index (χ1v) is 7.19. The zero-order valence-electron chi connectivity index (χ0n) is 11.3. The van der Waals surface area contributed by atoms with E-state index in [2.05, 4.69) is 22.0 Å². The van der Waals surface area contributed by atoms with Gasteiger partial charge in [0.2, 0.25) is 0 Å². The molecule has 1 aromatic rings. The van der Waals surface area contributed by atoms with Crippen molar-refractivity contribution in [2.75, 3.05) is 38.0 Å². The van der Waals surface area contributed by atoms with Gasteiger partial charge in [0.1, 0.15) is 5.49 Å². The lowest BCUT2D eigenvalue weighted by molar-refractivity contribution is -0.0121. The number of hydrogen-bond donors (Lipinski definition) is 0. The zero-order valence-corrected chi connectivity index (χ0v) is 12.1. The second kappa shape index (κ2) is 6.21. The molecule has 0 unspecified atom stereocenters. The summed E-state index contributed by atoms with van der Waals surface area (Å²) in [5, 5.41) is 6.08. The van der Waals surface area contributed by atoms with Gasteiger partial charge in [0.25, 0.3) is 0 Å². The maximum atomic E-state index is 5.38. The SMILES string of the molecule is S=CN1N(CN2CCOCC2)C=CN1c1ccccc1. The lowest BCUT2D eigenvalue weighted by atomic mass is 10.3. The van der Waals surface area contributed by atoms with Crippen molar-refractivity contribution in [2.45, 2.75) is 0 Å². The Balaban J connectivity index is 1.68. The van der Waals surface area contributed by atoms with E-state index in [9.17, 15) is 0 Å². The molecule has 0 atom stereocenters. The molecule has 0 N–H and O–H groups in total. The minimum Gasteiger partial charge on any atom is -0.379 e. The molecule has 0 spiro atoms. The summed E-state index contributed by atoms with van der Waals surface area (Å²) in [4.78, 5) is 2.36. The van der Waals surface area contributed by atoms with Crippen molar-refractivity contribution in [3.05, 3.63) is 42.7 Å². The first kappa shape index (κ1) is 13.4. The standard InChI is InChI=1S/C14H18N4OS/c20-13-18-16(12-15-8-10-19-11-9-15)6-7-17(18)14-4-2-1-3-5-14/h1-7,13H,8-12H2. The van der Waals surface area contributed by atoms with Crippen LogP contribution >= 0.6 is 12.2 Å². The van der Waals surface area contributed by atoms with Gasteiger partial charge in [0, 0.05) is 25.5 Å². The van der Waals surface area contributed by atoms with Crippen LogP contribution in [0.1, 0.15) is 0 Å². The van der Waals surface area contributed by atoms with E-state index in [-0.39, 0.29) is 0 Å². The molecule has 2 heterocycles. The molecule has 0 bridgehead atoms. The van der Waals surface area contributed by atoms with E-state index >= 15 is 0 Å². The Morgan fingerprint density at radius 2 is 1.85 bits per heavy atom. The van der Waals surface area contributed by atoms with Crippen LogP contribution in [0.4, 0.5) is 5.69 Å². The molecule has 0 aliphatic carbocycles. The van der Waals surface area contributed by atoms with E-state index in [1.807, 2.05) is 40.7 Å². The zero-order chi connectivity index (χ0) is 13.8. The lowest BCUT2D eigenvalue weighted by Crippen LogP contribution is -2.50. The summed E-state index contributed by atoms with van der Waals surface area (Å²) in [7, 11) is 0. The number of anilines is 1. The molecule has 1 fully saturated rings. The van der Waals surface area contributed by atoms with Gasteiger partial charge in [-0.3, -0.25) is 9.91 Å². The van der Waals surface area contributed by atoms with Crippen LogP contribution in [-0.2, 0) is 4.74 Å². The number of morpholine rings is 1. The van der Waals surface area contributed by atoms with Crippen molar-refractivity contribution in [3.63, 3.8) is 0 Å². The molecule has 0 radical (unpaired) electrons. The average molecular weight is 290 g/mol. The molecule has 0 saturated carbocycles. The average Bonchev–Trinajstić information content (AvgIpc) is 2.92. The summed E-state index contributed by atoms with van der Waals surface area (Å²) in [6, 6.07) is 10.2. The molecule has 0 amide bonds. The molecular weight excluding hydrogens is 272 g/mol. The predicted molar refractivity (Wildman–Crippen MR) is 82.7 cm³/mol. The summed E-state index contributed by atoms with van der Waals surface area (Å²) in [6.45, 7) is 4.34. The maximum absolute atomic E-state index is 5.38. The van der Waals surface area contributed by atoms with Crippen LogP contribution in [0, 0.1) is 0 Å². The van der Waals surface area contributed by atoms with Gasteiger partial charge in [-0.15, -0.1) is 0 Å². The first-order chi connectivity index (χ1) is 9.88. The molecule has 5 nitrogen and oxygen atoms in total. The van der Waals surface area contributed by atoms with Crippen LogP contribution < -0.4 is 5.01 Å². The van der Waals surface area contributed by atoms with E-state index in [0.29, 0.717) is 0 Å². The van der Waals surface area contributed by atoms with Gasteiger partial charge in [0.15, 0.2) is 0 Å². The molecule has 6 heteroatoms. The number of rotatable bonds is 4. The van der Waals surface area contributed by atoms with Crippen molar-refractivity contribution >= 4 is 23.4 Å². The van der Waals surface area contributed by atoms with Crippen LogP contribution in [0.25, 0.3) is 0 Å². The van der Waals surface area contributed by atoms with Gasteiger partial charge in [-0.05, 0) is 12.1 Å². The van der Waals surface area contributed by atoms with E-state index < -0.39 is 0 Å². The number of para-hydroxylation sites is 1. The van der Waals surface area contributed by atoms with E-state index in [0.717, 1.165) is 38.7 Å². The van der Waals surface area contributed by atoms with E-state index in [4.69, 9.17) is 17.0 Å². The molecule has 0 aromatic heterocycles. The molecule has 2 aliphatic heterocycles.